The lowest BCUT2D eigenvalue weighted by Gasteiger charge is -2.23. The molecule has 2 heterocycles. The number of hydrogen-bond acceptors (Lipinski definition) is 6. The van der Waals surface area contributed by atoms with Crippen LogP contribution in [0, 0.1) is 5.41 Å². The third kappa shape index (κ3) is 4.50. The third-order valence-electron chi connectivity index (χ3n) is 2.30. The Morgan fingerprint density at radius 3 is 1.68 bits per heavy atom. The molecule has 2 aromatic heterocycles. The number of hydrogen-bond donors (Lipinski definition) is 0. The Morgan fingerprint density at radius 2 is 1.32 bits per heavy atom. The first kappa shape index (κ1) is 13.2. The van der Waals surface area contributed by atoms with Crippen molar-refractivity contribution in [3.8, 4) is 11.8 Å². The van der Waals surface area contributed by atoms with E-state index in [1.54, 1.807) is 37.2 Å². The molecule has 100 valence electrons. The fourth-order valence-corrected chi connectivity index (χ4v) is 1.30. The van der Waals surface area contributed by atoms with E-state index in [1.165, 1.54) is 0 Å². The molecule has 0 saturated heterocycles. The minimum atomic E-state index is -0.172. The van der Waals surface area contributed by atoms with Crippen LogP contribution in [-0.2, 0) is 0 Å². The van der Waals surface area contributed by atoms with Crippen LogP contribution in [0.1, 0.15) is 13.8 Å². The van der Waals surface area contributed by atoms with Crippen molar-refractivity contribution in [3.05, 3.63) is 37.2 Å². The molecule has 0 atom stereocenters. The quantitative estimate of drug-likeness (QED) is 0.788. The Hall–Kier alpha value is -2.24. The molecule has 0 aliphatic carbocycles. The summed E-state index contributed by atoms with van der Waals surface area (Å²) in [6.45, 7) is 5.04. The summed E-state index contributed by atoms with van der Waals surface area (Å²) < 4.78 is 11.1. The molecule has 0 spiro atoms. The third-order valence-corrected chi connectivity index (χ3v) is 2.30. The minimum Gasteiger partial charge on any atom is -0.476 e. The molecule has 0 bridgehead atoms. The van der Waals surface area contributed by atoms with E-state index in [0.717, 1.165) is 0 Å². The molecule has 0 aromatic carbocycles. The molecule has 6 nitrogen and oxygen atoms in total. The van der Waals surface area contributed by atoms with Gasteiger partial charge < -0.3 is 9.47 Å². The highest BCUT2D eigenvalue weighted by Gasteiger charge is 2.21. The second kappa shape index (κ2) is 6.08. The van der Waals surface area contributed by atoms with E-state index in [2.05, 4.69) is 19.9 Å². The monoisotopic (exact) mass is 260 g/mol. The molecule has 0 amide bonds. The van der Waals surface area contributed by atoms with E-state index in [1.807, 2.05) is 13.8 Å². The predicted molar refractivity (Wildman–Crippen MR) is 68.8 cm³/mol. The Labute approximate surface area is 111 Å². The summed E-state index contributed by atoms with van der Waals surface area (Å²) in [7, 11) is 0. The average molecular weight is 260 g/mol. The lowest BCUT2D eigenvalue weighted by molar-refractivity contribution is 0.104. The largest absolute Gasteiger partial charge is 0.476 e. The van der Waals surface area contributed by atoms with Gasteiger partial charge in [-0.2, -0.15) is 0 Å². The Balaban J connectivity index is 1.82. The first-order chi connectivity index (χ1) is 9.16. The van der Waals surface area contributed by atoms with Gasteiger partial charge in [-0.25, -0.2) is 9.97 Å². The highest BCUT2D eigenvalue weighted by atomic mass is 16.5. The SMILES string of the molecule is CC(C)(COc1cnccn1)COc1cnccn1. The summed E-state index contributed by atoms with van der Waals surface area (Å²) >= 11 is 0. The summed E-state index contributed by atoms with van der Waals surface area (Å²) in [6, 6.07) is 0. The summed E-state index contributed by atoms with van der Waals surface area (Å²) in [6.07, 6.45) is 9.57. The zero-order chi connectivity index (χ0) is 13.6. The maximum absolute atomic E-state index is 5.57. The van der Waals surface area contributed by atoms with Crippen LogP contribution in [0.15, 0.2) is 37.2 Å². The standard InChI is InChI=1S/C13H16N4O2/c1-13(2,9-18-11-7-14-3-5-16-11)10-19-12-8-15-4-6-17-12/h3-8H,9-10H2,1-2H3. The maximum atomic E-state index is 5.57. The molecule has 0 aliphatic heterocycles. The number of rotatable bonds is 6. The van der Waals surface area contributed by atoms with Gasteiger partial charge in [0.25, 0.3) is 0 Å². The molecule has 0 radical (unpaired) electrons. The highest BCUT2D eigenvalue weighted by molar-refractivity contribution is 5.03. The van der Waals surface area contributed by atoms with Gasteiger partial charge in [0, 0.05) is 30.2 Å². The average Bonchev–Trinajstić information content (AvgIpc) is 2.46. The second-order valence-corrected chi connectivity index (χ2v) is 4.83. The Morgan fingerprint density at radius 1 is 0.842 bits per heavy atom. The molecule has 0 N–H and O–H groups in total. The molecule has 0 aliphatic rings. The maximum Gasteiger partial charge on any atom is 0.232 e. The van der Waals surface area contributed by atoms with Crippen LogP contribution >= 0.6 is 0 Å². The van der Waals surface area contributed by atoms with E-state index >= 15 is 0 Å². The Kier molecular flexibility index (Phi) is 4.22. The van der Waals surface area contributed by atoms with E-state index in [9.17, 15) is 0 Å². The molecule has 0 fully saturated rings. The van der Waals surface area contributed by atoms with Gasteiger partial charge >= 0.3 is 0 Å². The normalized spacial score (nSPS) is 11.1. The van der Waals surface area contributed by atoms with Crippen molar-refractivity contribution in [1.82, 2.24) is 19.9 Å². The number of ether oxygens (including phenoxy) is 2. The van der Waals surface area contributed by atoms with Crippen molar-refractivity contribution >= 4 is 0 Å². The van der Waals surface area contributed by atoms with E-state index in [0.29, 0.717) is 25.0 Å². The molecule has 2 aromatic rings. The number of aromatic nitrogens is 4. The van der Waals surface area contributed by atoms with Crippen LogP contribution < -0.4 is 9.47 Å². The molecule has 6 heteroatoms. The van der Waals surface area contributed by atoms with Gasteiger partial charge in [-0.3, -0.25) is 9.97 Å². The minimum absolute atomic E-state index is 0.172. The molecule has 19 heavy (non-hydrogen) atoms. The van der Waals surface area contributed by atoms with Gasteiger partial charge in [0.2, 0.25) is 11.8 Å². The number of nitrogens with zero attached hydrogens (tertiary/aromatic N) is 4. The van der Waals surface area contributed by atoms with Gasteiger partial charge in [0.1, 0.15) is 0 Å². The summed E-state index contributed by atoms with van der Waals surface area (Å²) in [5.41, 5.74) is -0.172. The molecule has 2 rings (SSSR count). The first-order valence-corrected chi connectivity index (χ1v) is 5.93. The van der Waals surface area contributed by atoms with Crippen LogP contribution in [0.4, 0.5) is 0 Å². The summed E-state index contributed by atoms with van der Waals surface area (Å²) in [5.74, 6) is 1.02. The Bertz CT molecular complexity index is 445. The molecule has 0 unspecified atom stereocenters. The van der Waals surface area contributed by atoms with Crippen LogP contribution in [-0.4, -0.2) is 33.1 Å². The zero-order valence-electron chi connectivity index (χ0n) is 11.0. The molecular formula is C13H16N4O2. The van der Waals surface area contributed by atoms with Crippen LogP contribution in [0.2, 0.25) is 0 Å². The van der Waals surface area contributed by atoms with Gasteiger partial charge in [-0.15, -0.1) is 0 Å². The summed E-state index contributed by atoms with van der Waals surface area (Å²) in [5, 5.41) is 0. The van der Waals surface area contributed by atoms with Crippen molar-refractivity contribution < 1.29 is 9.47 Å². The fraction of sp³-hybridized carbons (Fsp3) is 0.385. The van der Waals surface area contributed by atoms with Crippen molar-refractivity contribution in [3.63, 3.8) is 0 Å². The van der Waals surface area contributed by atoms with Gasteiger partial charge in [0.15, 0.2) is 0 Å². The fourth-order valence-electron chi connectivity index (χ4n) is 1.30. The lowest BCUT2D eigenvalue weighted by atomic mass is 9.96. The topological polar surface area (TPSA) is 70.0 Å². The first-order valence-electron chi connectivity index (χ1n) is 5.93. The smallest absolute Gasteiger partial charge is 0.232 e. The van der Waals surface area contributed by atoms with Gasteiger partial charge in [-0.05, 0) is 0 Å². The van der Waals surface area contributed by atoms with Crippen molar-refractivity contribution in [2.75, 3.05) is 13.2 Å². The van der Waals surface area contributed by atoms with E-state index < -0.39 is 0 Å². The zero-order valence-corrected chi connectivity index (χ0v) is 11.0. The van der Waals surface area contributed by atoms with Crippen LogP contribution in [0.25, 0.3) is 0 Å². The van der Waals surface area contributed by atoms with Crippen molar-refractivity contribution in [1.29, 1.82) is 0 Å². The lowest BCUT2D eigenvalue weighted by Crippen LogP contribution is -2.29. The van der Waals surface area contributed by atoms with E-state index in [-0.39, 0.29) is 5.41 Å². The molecular weight excluding hydrogens is 244 g/mol. The van der Waals surface area contributed by atoms with E-state index in [4.69, 9.17) is 9.47 Å². The molecule has 0 saturated carbocycles. The van der Waals surface area contributed by atoms with Gasteiger partial charge in [-0.1, -0.05) is 13.8 Å². The van der Waals surface area contributed by atoms with Crippen molar-refractivity contribution in [2.45, 2.75) is 13.8 Å². The van der Waals surface area contributed by atoms with Crippen LogP contribution in [0.3, 0.4) is 0 Å². The second-order valence-electron chi connectivity index (χ2n) is 4.83. The predicted octanol–water partition coefficient (Wildman–Crippen LogP) is 1.75. The highest BCUT2D eigenvalue weighted by Crippen LogP contribution is 2.18. The van der Waals surface area contributed by atoms with Crippen molar-refractivity contribution in [2.24, 2.45) is 5.41 Å². The van der Waals surface area contributed by atoms with Crippen LogP contribution in [0.5, 0.6) is 11.8 Å². The van der Waals surface area contributed by atoms with Gasteiger partial charge in [0.05, 0.1) is 25.6 Å². The summed E-state index contributed by atoms with van der Waals surface area (Å²) in [4.78, 5) is 16.0.